The lowest BCUT2D eigenvalue weighted by atomic mass is 10.3. The number of rotatable bonds is 11. The number of hydrogen-bond donors (Lipinski definition) is 2. The molecule has 0 saturated heterocycles. The third-order valence-electron chi connectivity index (χ3n) is 2.89. The Morgan fingerprint density at radius 1 is 1.14 bits per heavy atom. The first-order valence-corrected chi connectivity index (χ1v) is 7.48. The first kappa shape index (κ1) is 17.5. The van der Waals surface area contributed by atoms with Crippen molar-refractivity contribution in [2.75, 3.05) is 38.7 Å². The second kappa shape index (κ2) is 11.1. The maximum atomic E-state index is 11.7. The normalized spacial score (nSPS) is 10.4. The van der Waals surface area contributed by atoms with E-state index < -0.39 is 0 Å². The summed E-state index contributed by atoms with van der Waals surface area (Å²) in [5.41, 5.74) is 0.779. The number of unbranched alkanes of at least 4 members (excludes halogenated alkanes) is 1. The van der Waals surface area contributed by atoms with Gasteiger partial charge in [-0.1, -0.05) is 13.3 Å². The van der Waals surface area contributed by atoms with Gasteiger partial charge in [0.15, 0.2) is 0 Å². The summed E-state index contributed by atoms with van der Waals surface area (Å²) in [5, 5.41) is 5.91. The van der Waals surface area contributed by atoms with Crippen molar-refractivity contribution in [3.63, 3.8) is 0 Å². The third-order valence-corrected chi connectivity index (χ3v) is 2.89. The summed E-state index contributed by atoms with van der Waals surface area (Å²) in [7, 11) is 1.67. The van der Waals surface area contributed by atoms with Gasteiger partial charge in [-0.15, -0.1) is 0 Å². The maximum Gasteiger partial charge on any atom is 0.238 e. The third kappa shape index (κ3) is 8.32. The van der Waals surface area contributed by atoms with Crippen LogP contribution in [0.2, 0.25) is 0 Å². The zero-order valence-corrected chi connectivity index (χ0v) is 13.0. The molecule has 0 radical (unpaired) electrons. The van der Waals surface area contributed by atoms with Crippen LogP contribution in [0.5, 0.6) is 5.75 Å². The van der Waals surface area contributed by atoms with Crippen LogP contribution in [-0.2, 0) is 9.53 Å². The van der Waals surface area contributed by atoms with Crippen molar-refractivity contribution in [3.05, 3.63) is 24.3 Å². The Balaban J connectivity index is 2.23. The molecule has 0 aliphatic rings. The summed E-state index contributed by atoms with van der Waals surface area (Å²) >= 11 is 0. The number of benzene rings is 1. The van der Waals surface area contributed by atoms with Gasteiger partial charge in [-0.3, -0.25) is 4.79 Å². The Morgan fingerprint density at radius 3 is 2.57 bits per heavy atom. The first-order chi connectivity index (χ1) is 10.3. The number of carbonyl (C=O) groups is 1. The van der Waals surface area contributed by atoms with Crippen LogP contribution >= 0.6 is 0 Å². The fourth-order valence-electron chi connectivity index (χ4n) is 1.72. The molecule has 21 heavy (non-hydrogen) atoms. The predicted octanol–water partition coefficient (Wildman–Crippen LogP) is 2.43. The number of methoxy groups -OCH3 is 1. The number of carbonyl (C=O) groups excluding carboxylic acids is 1. The van der Waals surface area contributed by atoms with Crippen molar-refractivity contribution in [2.24, 2.45) is 0 Å². The summed E-state index contributed by atoms with van der Waals surface area (Å²) in [6, 6.07) is 7.45. The maximum absolute atomic E-state index is 11.7. The van der Waals surface area contributed by atoms with Gasteiger partial charge in [0, 0.05) is 19.4 Å². The van der Waals surface area contributed by atoms with Crippen molar-refractivity contribution in [1.82, 2.24) is 5.32 Å². The molecule has 0 fully saturated rings. The quantitative estimate of drug-likeness (QED) is 0.615. The molecule has 0 aliphatic carbocycles. The highest BCUT2D eigenvalue weighted by Crippen LogP contribution is 2.15. The standard InChI is InChI=1S/C16H26N2O3/c1-3-4-12-21-15-8-6-14(7-9-15)18-16(19)13-17-10-5-11-20-2/h6-9,17H,3-5,10-13H2,1-2H3,(H,18,19). The van der Waals surface area contributed by atoms with Gasteiger partial charge in [-0.2, -0.15) is 0 Å². The zero-order valence-electron chi connectivity index (χ0n) is 13.0. The molecular weight excluding hydrogens is 268 g/mol. The zero-order chi connectivity index (χ0) is 15.3. The van der Waals surface area contributed by atoms with Crippen LogP contribution in [-0.4, -0.2) is 39.3 Å². The topological polar surface area (TPSA) is 59.6 Å². The molecule has 1 aromatic carbocycles. The van der Waals surface area contributed by atoms with Crippen molar-refractivity contribution in [3.8, 4) is 5.75 Å². The van der Waals surface area contributed by atoms with E-state index in [4.69, 9.17) is 9.47 Å². The van der Waals surface area contributed by atoms with Gasteiger partial charge < -0.3 is 20.1 Å². The number of amides is 1. The van der Waals surface area contributed by atoms with Gasteiger partial charge in [0.05, 0.1) is 13.2 Å². The summed E-state index contributed by atoms with van der Waals surface area (Å²) in [6.45, 7) is 4.64. The molecule has 0 bridgehead atoms. The van der Waals surface area contributed by atoms with E-state index in [2.05, 4.69) is 17.6 Å². The molecule has 1 aromatic rings. The Bertz CT molecular complexity index is 393. The Kier molecular flexibility index (Phi) is 9.24. The molecule has 0 unspecified atom stereocenters. The SMILES string of the molecule is CCCCOc1ccc(NC(=O)CNCCCOC)cc1. The van der Waals surface area contributed by atoms with Gasteiger partial charge in [0.2, 0.25) is 5.91 Å². The largest absolute Gasteiger partial charge is 0.494 e. The highest BCUT2D eigenvalue weighted by atomic mass is 16.5. The van der Waals surface area contributed by atoms with Crippen LogP contribution in [0.1, 0.15) is 26.2 Å². The fourth-order valence-corrected chi connectivity index (χ4v) is 1.72. The number of nitrogens with one attached hydrogen (secondary N) is 2. The van der Waals surface area contributed by atoms with Crippen LogP contribution in [0.4, 0.5) is 5.69 Å². The fraction of sp³-hybridized carbons (Fsp3) is 0.562. The summed E-state index contributed by atoms with van der Waals surface area (Å²) < 4.78 is 10.5. The van der Waals surface area contributed by atoms with E-state index in [0.717, 1.165) is 43.9 Å². The molecule has 0 atom stereocenters. The van der Waals surface area contributed by atoms with E-state index in [-0.39, 0.29) is 5.91 Å². The molecule has 5 heteroatoms. The second-order valence-corrected chi connectivity index (χ2v) is 4.80. The average Bonchev–Trinajstić information content (AvgIpc) is 2.49. The van der Waals surface area contributed by atoms with Gasteiger partial charge in [-0.25, -0.2) is 0 Å². The molecular formula is C16H26N2O3. The summed E-state index contributed by atoms with van der Waals surface area (Å²) in [5.74, 6) is 0.784. The smallest absolute Gasteiger partial charge is 0.238 e. The molecule has 0 aliphatic heterocycles. The van der Waals surface area contributed by atoms with E-state index in [1.54, 1.807) is 7.11 Å². The number of ether oxygens (including phenoxy) is 2. The Labute approximate surface area is 127 Å². The number of hydrogen-bond acceptors (Lipinski definition) is 4. The van der Waals surface area contributed by atoms with Crippen LogP contribution < -0.4 is 15.4 Å². The van der Waals surface area contributed by atoms with E-state index in [1.165, 1.54) is 0 Å². The van der Waals surface area contributed by atoms with Crippen LogP contribution in [0, 0.1) is 0 Å². The summed E-state index contributed by atoms with van der Waals surface area (Å²) in [4.78, 5) is 11.7. The minimum absolute atomic E-state index is 0.0490. The highest BCUT2D eigenvalue weighted by Gasteiger charge is 2.02. The average molecular weight is 294 g/mol. The lowest BCUT2D eigenvalue weighted by Crippen LogP contribution is -2.29. The molecule has 1 rings (SSSR count). The predicted molar refractivity (Wildman–Crippen MR) is 84.8 cm³/mol. The van der Waals surface area contributed by atoms with Crippen molar-refractivity contribution < 1.29 is 14.3 Å². The summed E-state index contributed by atoms with van der Waals surface area (Å²) in [6.07, 6.45) is 3.06. The van der Waals surface area contributed by atoms with Crippen LogP contribution in [0.15, 0.2) is 24.3 Å². The molecule has 0 aromatic heterocycles. The molecule has 0 spiro atoms. The molecule has 0 saturated carbocycles. The van der Waals surface area contributed by atoms with Crippen molar-refractivity contribution in [2.45, 2.75) is 26.2 Å². The van der Waals surface area contributed by atoms with Crippen molar-refractivity contribution in [1.29, 1.82) is 0 Å². The molecule has 118 valence electrons. The second-order valence-electron chi connectivity index (χ2n) is 4.80. The lowest BCUT2D eigenvalue weighted by Gasteiger charge is -2.08. The first-order valence-electron chi connectivity index (χ1n) is 7.48. The minimum Gasteiger partial charge on any atom is -0.494 e. The minimum atomic E-state index is -0.0490. The van der Waals surface area contributed by atoms with Gasteiger partial charge in [0.1, 0.15) is 5.75 Å². The van der Waals surface area contributed by atoms with Gasteiger partial charge in [0.25, 0.3) is 0 Å². The van der Waals surface area contributed by atoms with Crippen molar-refractivity contribution >= 4 is 11.6 Å². The molecule has 2 N–H and O–H groups in total. The highest BCUT2D eigenvalue weighted by molar-refractivity contribution is 5.92. The van der Waals surface area contributed by atoms with Crippen LogP contribution in [0.25, 0.3) is 0 Å². The lowest BCUT2D eigenvalue weighted by molar-refractivity contribution is -0.115. The molecule has 5 nitrogen and oxygen atoms in total. The molecule has 1 amide bonds. The Morgan fingerprint density at radius 2 is 1.90 bits per heavy atom. The molecule has 0 heterocycles. The van der Waals surface area contributed by atoms with Gasteiger partial charge >= 0.3 is 0 Å². The van der Waals surface area contributed by atoms with E-state index in [0.29, 0.717) is 13.2 Å². The van der Waals surface area contributed by atoms with Crippen LogP contribution in [0.3, 0.4) is 0 Å². The van der Waals surface area contributed by atoms with E-state index in [1.807, 2.05) is 24.3 Å². The Hall–Kier alpha value is -1.59. The van der Waals surface area contributed by atoms with E-state index >= 15 is 0 Å². The number of anilines is 1. The monoisotopic (exact) mass is 294 g/mol. The van der Waals surface area contributed by atoms with Gasteiger partial charge in [-0.05, 0) is 43.7 Å². The van der Waals surface area contributed by atoms with E-state index in [9.17, 15) is 4.79 Å².